The van der Waals surface area contributed by atoms with Gasteiger partial charge < -0.3 is 14.6 Å². The quantitative estimate of drug-likeness (QED) is 0.0378. The maximum absolute atomic E-state index is 12.2. The zero-order valence-corrected chi connectivity index (χ0v) is 37.5. The summed E-state index contributed by atoms with van der Waals surface area (Å²) in [7, 11) is 0. The maximum atomic E-state index is 12.2. The molecule has 0 radical (unpaired) electrons. The van der Waals surface area contributed by atoms with Crippen molar-refractivity contribution in [3.05, 3.63) is 97.2 Å². The van der Waals surface area contributed by atoms with E-state index in [1.54, 1.807) is 0 Å². The number of hydrogen-bond acceptors (Lipinski definition) is 5. The summed E-state index contributed by atoms with van der Waals surface area (Å²) in [6, 6.07) is 0. The Morgan fingerprint density at radius 1 is 0.397 bits per heavy atom. The Morgan fingerprint density at radius 3 is 1.05 bits per heavy atom. The van der Waals surface area contributed by atoms with Gasteiger partial charge in [0.05, 0.1) is 6.61 Å². The van der Waals surface area contributed by atoms with Crippen LogP contribution in [0.25, 0.3) is 0 Å². The molecule has 0 aliphatic heterocycles. The monoisotopic (exact) mass is 805 g/mol. The molecule has 1 N–H and O–H groups in total. The highest BCUT2D eigenvalue weighted by Crippen LogP contribution is 2.15. The Balaban J connectivity index is 3.52. The molecule has 1 atom stereocenters. The zero-order chi connectivity index (χ0) is 42.1. The van der Waals surface area contributed by atoms with Crippen LogP contribution < -0.4 is 0 Å². The first-order valence-electron chi connectivity index (χ1n) is 23.8. The Bertz CT molecular complexity index is 1140. The molecule has 5 nitrogen and oxygen atoms in total. The van der Waals surface area contributed by atoms with Gasteiger partial charge in [0.2, 0.25) is 0 Å². The molecule has 0 amide bonds. The maximum Gasteiger partial charge on any atom is 0.306 e. The normalized spacial score (nSPS) is 13.1. The second-order valence-electron chi connectivity index (χ2n) is 15.4. The van der Waals surface area contributed by atoms with Gasteiger partial charge in [-0.15, -0.1) is 0 Å². The fourth-order valence-corrected chi connectivity index (χ4v) is 6.36. The van der Waals surface area contributed by atoms with E-state index < -0.39 is 6.10 Å². The minimum Gasteiger partial charge on any atom is -0.462 e. The number of ether oxygens (including phenoxy) is 2. The summed E-state index contributed by atoms with van der Waals surface area (Å²) in [5.41, 5.74) is 0. The topological polar surface area (TPSA) is 72.8 Å². The van der Waals surface area contributed by atoms with Crippen LogP contribution >= 0.6 is 0 Å². The summed E-state index contributed by atoms with van der Waals surface area (Å²) in [6.45, 7) is 3.88. The van der Waals surface area contributed by atoms with Gasteiger partial charge in [0.25, 0.3) is 0 Å². The average Bonchev–Trinajstić information content (AvgIpc) is 3.23. The number of rotatable bonds is 42. The van der Waals surface area contributed by atoms with Crippen LogP contribution in [0.1, 0.15) is 206 Å². The van der Waals surface area contributed by atoms with Crippen molar-refractivity contribution in [2.45, 2.75) is 213 Å². The molecule has 0 bridgehead atoms. The summed E-state index contributed by atoms with van der Waals surface area (Å²) in [5.74, 6) is -0.629. The summed E-state index contributed by atoms with van der Waals surface area (Å²) < 4.78 is 10.6. The predicted octanol–water partition coefficient (Wildman–Crippen LogP) is 15.6. The summed E-state index contributed by atoms with van der Waals surface area (Å²) in [6.07, 6.45) is 67.9. The second-order valence-corrected chi connectivity index (χ2v) is 15.4. The van der Waals surface area contributed by atoms with Gasteiger partial charge in [0.1, 0.15) is 6.61 Å². The molecule has 0 heterocycles. The smallest absolute Gasteiger partial charge is 0.306 e. The fraction of sp³-hybridized carbons (Fsp3) is 0.660. The first-order valence-corrected chi connectivity index (χ1v) is 23.8. The largest absolute Gasteiger partial charge is 0.462 e. The minimum atomic E-state index is -0.788. The molecular formula is C53H88O5. The molecule has 0 aromatic rings. The van der Waals surface area contributed by atoms with Crippen LogP contribution in [0.5, 0.6) is 0 Å². The van der Waals surface area contributed by atoms with Crippen molar-refractivity contribution in [1.29, 1.82) is 0 Å². The Kier molecular flexibility index (Phi) is 45.5. The van der Waals surface area contributed by atoms with Crippen LogP contribution in [0, 0.1) is 0 Å². The summed E-state index contributed by atoms with van der Waals surface area (Å²) >= 11 is 0. The van der Waals surface area contributed by atoms with E-state index >= 15 is 0 Å². The first kappa shape index (κ1) is 54.8. The van der Waals surface area contributed by atoms with Crippen molar-refractivity contribution < 1.29 is 24.2 Å². The molecule has 58 heavy (non-hydrogen) atoms. The number of carbonyl (C=O) groups is 2. The van der Waals surface area contributed by atoms with Crippen LogP contribution in [0.2, 0.25) is 0 Å². The molecule has 0 aliphatic carbocycles. The third-order valence-electron chi connectivity index (χ3n) is 9.87. The van der Waals surface area contributed by atoms with E-state index in [-0.39, 0.29) is 25.2 Å². The number of aliphatic hydroxyl groups excluding tert-OH is 1. The number of hydrogen-bond donors (Lipinski definition) is 1. The van der Waals surface area contributed by atoms with Crippen LogP contribution in [0.3, 0.4) is 0 Å². The van der Waals surface area contributed by atoms with Crippen molar-refractivity contribution in [1.82, 2.24) is 0 Å². The first-order chi connectivity index (χ1) is 28.6. The number of esters is 2. The molecule has 0 aromatic heterocycles. The highest BCUT2D eigenvalue weighted by atomic mass is 16.6. The summed E-state index contributed by atoms with van der Waals surface area (Å²) in [5, 5.41) is 9.59. The van der Waals surface area contributed by atoms with Crippen LogP contribution in [-0.2, 0) is 19.1 Å². The van der Waals surface area contributed by atoms with Gasteiger partial charge in [-0.25, -0.2) is 0 Å². The van der Waals surface area contributed by atoms with E-state index in [1.807, 2.05) is 0 Å². The number of unbranched alkanes of at least 4 members (excludes halogenated alkanes) is 18. The van der Waals surface area contributed by atoms with E-state index in [4.69, 9.17) is 9.47 Å². The molecule has 5 heteroatoms. The Morgan fingerprint density at radius 2 is 0.690 bits per heavy atom. The number of allylic oxidation sites excluding steroid dienone is 16. The van der Waals surface area contributed by atoms with Crippen molar-refractivity contribution in [2.75, 3.05) is 13.2 Å². The van der Waals surface area contributed by atoms with Crippen LogP contribution in [0.4, 0.5) is 0 Å². The number of carbonyl (C=O) groups excluding carboxylic acids is 2. The van der Waals surface area contributed by atoms with Crippen molar-refractivity contribution >= 4 is 11.9 Å². The van der Waals surface area contributed by atoms with Crippen LogP contribution in [0.15, 0.2) is 97.2 Å². The lowest BCUT2D eigenvalue weighted by Gasteiger charge is -2.15. The molecule has 0 aliphatic rings. The fourth-order valence-electron chi connectivity index (χ4n) is 6.36. The molecule has 0 aromatic carbocycles. The molecule has 1 unspecified atom stereocenters. The minimum absolute atomic E-state index is 0.0848. The standard InChI is InChI=1S/C53H88O5/c1-3-5-7-9-11-13-15-17-18-19-20-21-22-23-24-25-26-27-28-29-30-31-32-33-34-36-38-40-42-44-46-48-53(56)58-51(49-54)50-57-52(55)47-45-43-41-39-37-35-16-14-12-10-8-6-4-2/h5-8,11-14,17-18,20-21,23-24,35,37,51,54H,3-4,9-10,15-16,19,22,25-34,36,38-50H2,1-2H3/b7-5-,8-6-,13-11-,14-12-,18-17-,21-20-,24-23-,37-35-. The molecular weight excluding hydrogens is 717 g/mol. The third kappa shape index (κ3) is 45.5. The lowest BCUT2D eigenvalue weighted by atomic mass is 10.0. The van der Waals surface area contributed by atoms with E-state index in [0.717, 1.165) is 96.3 Å². The lowest BCUT2D eigenvalue weighted by molar-refractivity contribution is -0.161. The van der Waals surface area contributed by atoms with Gasteiger partial charge in [0, 0.05) is 12.8 Å². The highest BCUT2D eigenvalue weighted by molar-refractivity contribution is 5.70. The van der Waals surface area contributed by atoms with Gasteiger partial charge in [0.15, 0.2) is 6.10 Å². The summed E-state index contributed by atoms with van der Waals surface area (Å²) in [4.78, 5) is 24.3. The van der Waals surface area contributed by atoms with E-state index in [9.17, 15) is 14.7 Å². The lowest BCUT2D eigenvalue weighted by Crippen LogP contribution is -2.28. The van der Waals surface area contributed by atoms with Crippen molar-refractivity contribution in [3.63, 3.8) is 0 Å². The zero-order valence-electron chi connectivity index (χ0n) is 37.5. The van der Waals surface area contributed by atoms with Gasteiger partial charge in [-0.3, -0.25) is 9.59 Å². The highest BCUT2D eigenvalue weighted by Gasteiger charge is 2.16. The second kappa shape index (κ2) is 48.2. The van der Waals surface area contributed by atoms with Gasteiger partial charge >= 0.3 is 11.9 Å². The molecule has 0 spiro atoms. The predicted molar refractivity (Wildman–Crippen MR) is 251 cm³/mol. The third-order valence-corrected chi connectivity index (χ3v) is 9.87. The Labute approximate surface area is 358 Å². The van der Waals surface area contributed by atoms with Crippen molar-refractivity contribution in [3.8, 4) is 0 Å². The molecule has 330 valence electrons. The van der Waals surface area contributed by atoms with E-state index in [0.29, 0.717) is 12.8 Å². The molecule has 0 saturated carbocycles. The van der Waals surface area contributed by atoms with E-state index in [2.05, 4.69) is 111 Å². The SMILES string of the molecule is CC/C=C\C/C=C\C/C=C\C/C=C\C/C=C\CCCCCCCCCCCCCCCCCC(=O)OC(CO)COC(=O)CCCCC/C=C\C/C=C\C/C=C\CC. The van der Waals surface area contributed by atoms with E-state index in [1.165, 1.54) is 83.5 Å². The molecule has 0 fully saturated rings. The Hall–Kier alpha value is -3.18. The molecule has 0 saturated heterocycles. The van der Waals surface area contributed by atoms with Gasteiger partial charge in [-0.1, -0.05) is 201 Å². The number of aliphatic hydroxyl groups is 1. The van der Waals surface area contributed by atoms with Crippen LogP contribution in [-0.4, -0.2) is 36.4 Å². The van der Waals surface area contributed by atoms with Crippen molar-refractivity contribution in [2.24, 2.45) is 0 Å². The van der Waals surface area contributed by atoms with Gasteiger partial charge in [-0.05, 0) is 89.9 Å². The van der Waals surface area contributed by atoms with Gasteiger partial charge in [-0.2, -0.15) is 0 Å². The molecule has 0 rings (SSSR count). The average molecular weight is 805 g/mol.